The molecule has 102 valence electrons. The van der Waals surface area contributed by atoms with Crippen molar-refractivity contribution in [3.8, 4) is 11.7 Å². The van der Waals surface area contributed by atoms with Crippen molar-refractivity contribution in [2.45, 2.75) is 6.18 Å². The van der Waals surface area contributed by atoms with Crippen molar-refractivity contribution in [3.05, 3.63) is 52.6 Å². The Morgan fingerprint density at radius 1 is 1.10 bits per heavy atom. The third kappa shape index (κ3) is 1.97. The molecule has 0 aliphatic rings. The molecule has 0 spiro atoms. The van der Waals surface area contributed by atoms with Gasteiger partial charge in [0.15, 0.2) is 5.76 Å². The molecule has 1 aromatic carbocycles. The second kappa shape index (κ2) is 4.22. The zero-order chi connectivity index (χ0) is 14.3. The monoisotopic (exact) mass is 281 g/mol. The summed E-state index contributed by atoms with van der Waals surface area (Å²) in [5.74, 6) is 0.00763. The van der Waals surface area contributed by atoms with Gasteiger partial charge in [-0.05, 0) is 24.3 Å². The zero-order valence-corrected chi connectivity index (χ0v) is 9.77. The van der Waals surface area contributed by atoms with Crippen molar-refractivity contribution in [1.82, 2.24) is 4.98 Å². The first kappa shape index (κ1) is 12.5. The van der Waals surface area contributed by atoms with E-state index in [9.17, 15) is 18.0 Å². The van der Waals surface area contributed by atoms with Crippen molar-refractivity contribution in [2.75, 3.05) is 0 Å². The van der Waals surface area contributed by atoms with Gasteiger partial charge >= 0.3 is 11.8 Å². The summed E-state index contributed by atoms with van der Waals surface area (Å²) < 4.78 is 48.3. The molecular formula is C13H6F3NO3. The van der Waals surface area contributed by atoms with Crippen LogP contribution in [0.25, 0.3) is 22.6 Å². The summed E-state index contributed by atoms with van der Waals surface area (Å²) in [7, 11) is 0. The summed E-state index contributed by atoms with van der Waals surface area (Å²) in [6.07, 6.45) is -3.31. The smallest absolute Gasteiger partial charge is 0.417 e. The van der Waals surface area contributed by atoms with Gasteiger partial charge in [-0.25, -0.2) is 9.78 Å². The van der Waals surface area contributed by atoms with Crippen molar-refractivity contribution < 1.29 is 22.0 Å². The van der Waals surface area contributed by atoms with Crippen LogP contribution in [0.3, 0.4) is 0 Å². The van der Waals surface area contributed by atoms with Crippen LogP contribution in [0.15, 0.2) is 50.2 Å². The van der Waals surface area contributed by atoms with Crippen molar-refractivity contribution >= 4 is 10.9 Å². The van der Waals surface area contributed by atoms with E-state index in [-0.39, 0.29) is 17.2 Å². The Bertz CT molecular complexity index is 819. The van der Waals surface area contributed by atoms with Crippen LogP contribution in [-0.4, -0.2) is 4.98 Å². The number of hydrogen-bond donors (Lipinski definition) is 0. The lowest BCUT2D eigenvalue weighted by molar-refractivity contribution is -0.136. The quantitative estimate of drug-likeness (QED) is 0.685. The number of benzene rings is 1. The molecule has 0 bridgehead atoms. The Morgan fingerprint density at radius 2 is 1.90 bits per heavy atom. The van der Waals surface area contributed by atoms with Gasteiger partial charge < -0.3 is 8.83 Å². The van der Waals surface area contributed by atoms with Crippen LogP contribution in [0, 0.1) is 0 Å². The Balaban J connectivity index is 2.33. The van der Waals surface area contributed by atoms with Crippen molar-refractivity contribution in [1.29, 1.82) is 0 Å². The molecule has 4 nitrogen and oxygen atoms in total. The number of fused-ring (bicyclic) bond motifs is 1. The topological polar surface area (TPSA) is 56.2 Å². The van der Waals surface area contributed by atoms with E-state index in [1.165, 1.54) is 24.5 Å². The van der Waals surface area contributed by atoms with Crippen LogP contribution in [0.4, 0.5) is 13.2 Å². The van der Waals surface area contributed by atoms with Gasteiger partial charge in [0.25, 0.3) is 5.89 Å². The fourth-order valence-corrected chi connectivity index (χ4v) is 1.86. The molecule has 0 unspecified atom stereocenters. The highest BCUT2D eigenvalue weighted by atomic mass is 19.4. The minimum absolute atomic E-state index is 0.0949. The van der Waals surface area contributed by atoms with Crippen LogP contribution < -0.4 is 5.63 Å². The Hall–Kier alpha value is -2.57. The predicted octanol–water partition coefficient (Wildman–Crippen LogP) is 3.47. The molecule has 7 heteroatoms. The summed E-state index contributed by atoms with van der Waals surface area (Å²) in [5, 5.41) is -0.588. The normalized spacial score (nSPS) is 11.9. The molecule has 0 fully saturated rings. The SMILES string of the molecule is O=c1oc(-c2ccco2)nc2cccc(C(F)(F)F)c12. The van der Waals surface area contributed by atoms with Crippen LogP contribution in [0.1, 0.15) is 5.56 Å². The predicted molar refractivity (Wildman–Crippen MR) is 63.0 cm³/mol. The van der Waals surface area contributed by atoms with E-state index in [0.29, 0.717) is 0 Å². The number of rotatable bonds is 1. The molecule has 2 heterocycles. The van der Waals surface area contributed by atoms with Gasteiger partial charge in [-0.3, -0.25) is 0 Å². The third-order valence-corrected chi connectivity index (χ3v) is 2.70. The maximum Gasteiger partial charge on any atom is 0.417 e. The number of nitrogens with zero attached hydrogens (tertiary/aromatic N) is 1. The molecule has 3 rings (SSSR count). The summed E-state index contributed by atoms with van der Waals surface area (Å²) in [6.45, 7) is 0. The molecule has 20 heavy (non-hydrogen) atoms. The van der Waals surface area contributed by atoms with E-state index in [1.54, 1.807) is 6.07 Å². The minimum Gasteiger partial charge on any atom is -0.459 e. The Morgan fingerprint density at radius 3 is 2.55 bits per heavy atom. The fraction of sp³-hybridized carbons (Fsp3) is 0.0769. The van der Waals surface area contributed by atoms with Gasteiger partial charge in [0.05, 0.1) is 22.7 Å². The summed E-state index contributed by atoms with van der Waals surface area (Å²) in [4.78, 5) is 15.7. The average Bonchev–Trinajstić information content (AvgIpc) is 2.90. The first-order valence-electron chi connectivity index (χ1n) is 5.52. The average molecular weight is 281 g/mol. The molecule has 0 radical (unpaired) electrons. The minimum atomic E-state index is -4.65. The molecule has 0 atom stereocenters. The summed E-state index contributed by atoms with van der Waals surface area (Å²) in [5.41, 5.74) is -2.26. The van der Waals surface area contributed by atoms with E-state index < -0.39 is 22.8 Å². The van der Waals surface area contributed by atoms with Crippen LogP contribution in [-0.2, 0) is 6.18 Å². The maximum absolute atomic E-state index is 12.8. The Labute approximate surface area is 109 Å². The number of alkyl halides is 3. The molecule has 3 aromatic rings. The van der Waals surface area contributed by atoms with Gasteiger partial charge in [-0.15, -0.1) is 0 Å². The van der Waals surface area contributed by atoms with E-state index in [4.69, 9.17) is 8.83 Å². The molecule has 0 saturated heterocycles. The van der Waals surface area contributed by atoms with E-state index in [0.717, 1.165) is 6.07 Å². The fourth-order valence-electron chi connectivity index (χ4n) is 1.86. The number of hydrogen-bond acceptors (Lipinski definition) is 4. The second-order valence-corrected chi connectivity index (χ2v) is 3.98. The highest BCUT2D eigenvalue weighted by Gasteiger charge is 2.34. The molecule has 0 aliphatic heterocycles. The first-order valence-corrected chi connectivity index (χ1v) is 5.52. The Kier molecular flexibility index (Phi) is 2.63. The van der Waals surface area contributed by atoms with Gasteiger partial charge in [0.2, 0.25) is 0 Å². The summed E-state index contributed by atoms with van der Waals surface area (Å²) >= 11 is 0. The zero-order valence-electron chi connectivity index (χ0n) is 9.77. The lowest BCUT2D eigenvalue weighted by Crippen LogP contribution is -2.12. The molecule has 0 amide bonds. The van der Waals surface area contributed by atoms with Gasteiger partial charge in [-0.1, -0.05) is 6.07 Å². The van der Waals surface area contributed by atoms with Gasteiger partial charge in [0, 0.05) is 0 Å². The summed E-state index contributed by atoms with van der Waals surface area (Å²) in [6, 6.07) is 6.35. The molecule has 0 saturated carbocycles. The van der Waals surface area contributed by atoms with E-state index in [2.05, 4.69) is 4.98 Å². The third-order valence-electron chi connectivity index (χ3n) is 2.70. The standard InChI is InChI=1S/C13H6F3NO3/c14-13(15,16)7-3-1-4-8-10(7)12(18)20-11(17-8)9-5-2-6-19-9/h1-6H. The highest BCUT2D eigenvalue weighted by molar-refractivity contribution is 5.82. The van der Waals surface area contributed by atoms with Gasteiger partial charge in [-0.2, -0.15) is 13.2 Å². The van der Waals surface area contributed by atoms with Crippen molar-refractivity contribution in [2.24, 2.45) is 0 Å². The number of furan rings is 1. The lowest BCUT2D eigenvalue weighted by Gasteiger charge is -2.08. The molecule has 0 N–H and O–H groups in total. The largest absolute Gasteiger partial charge is 0.459 e. The lowest BCUT2D eigenvalue weighted by atomic mass is 10.1. The number of aromatic nitrogens is 1. The second-order valence-electron chi connectivity index (χ2n) is 3.98. The maximum atomic E-state index is 12.8. The highest BCUT2D eigenvalue weighted by Crippen LogP contribution is 2.33. The van der Waals surface area contributed by atoms with Crippen LogP contribution >= 0.6 is 0 Å². The molecule has 2 aromatic heterocycles. The molecule has 0 aliphatic carbocycles. The number of halogens is 3. The van der Waals surface area contributed by atoms with E-state index >= 15 is 0 Å². The van der Waals surface area contributed by atoms with Crippen LogP contribution in [0.5, 0.6) is 0 Å². The molecular weight excluding hydrogens is 275 g/mol. The first-order chi connectivity index (χ1) is 9.47. The van der Waals surface area contributed by atoms with E-state index in [1.807, 2.05) is 0 Å². The van der Waals surface area contributed by atoms with Crippen LogP contribution in [0.2, 0.25) is 0 Å². The van der Waals surface area contributed by atoms with Gasteiger partial charge in [0.1, 0.15) is 0 Å². The van der Waals surface area contributed by atoms with Crippen molar-refractivity contribution in [3.63, 3.8) is 0 Å².